The molecule has 0 saturated heterocycles. The zero-order chi connectivity index (χ0) is 17.0. The third-order valence-electron chi connectivity index (χ3n) is 3.07. The summed E-state index contributed by atoms with van der Waals surface area (Å²) in [5.41, 5.74) is 2.47. The highest BCUT2D eigenvalue weighted by molar-refractivity contribution is 5.95. The standard InChI is InChI=1S/C16H18N2O5/c1-10-5-12(7-14(16(20)22-4)23-11(2)19)6-13-8-18(9-21-3)17-15(10)13/h5-8H,9H2,1-4H3. The van der Waals surface area contributed by atoms with Crippen molar-refractivity contribution in [2.75, 3.05) is 14.2 Å². The Bertz CT molecular complexity index is 776. The Hall–Kier alpha value is -2.67. The van der Waals surface area contributed by atoms with Gasteiger partial charge in [0.1, 0.15) is 6.73 Å². The second kappa shape index (κ2) is 7.06. The molecule has 0 radical (unpaired) electrons. The van der Waals surface area contributed by atoms with Crippen molar-refractivity contribution in [1.82, 2.24) is 9.78 Å². The molecule has 122 valence electrons. The summed E-state index contributed by atoms with van der Waals surface area (Å²) in [6.07, 6.45) is 3.31. The lowest BCUT2D eigenvalue weighted by Crippen LogP contribution is -2.11. The Morgan fingerprint density at radius 3 is 2.65 bits per heavy atom. The maximum atomic E-state index is 11.7. The Kier molecular flexibility index (Phi) is 5.13. The molecule has 0 saturated carbocycles. The average molecular weight is 318 g/mol. The molecule has 2 aromatic rings. The summed E-state index contributed by atoms with van der Waals surface area (Å²) in [6, 6.07) is 3.69. The summed E-state index contributed by atoms with van der Waals surface area (Å²) in [7, 11) is 2.82. The van der Waals surface area contributed by atoms with Crippen molar-refractivity contribution < 1.29 is 23.8 Å². The summed E-state index contributed by atoms with van der Waals surface area (Å²) in [5, 5.41) is 5.31. The van der Waals surface area contributed by atoms with E-state index in [1.807, 2.05) is 25.3 Å². The van der Waals surface area contributed by atoms with E-state index >= 15 is 0 Å². The summed E-state index contributed by atoms with van der Waals surface area (Å²) in [5.74, 6) is -1.47. The van der Waals surface area contributed by atoms with Gasteiger partial charge in [-0.3, -0.25) is 4.79 Å². The number of aryl methyl sites for hydroxylation is 1. The van der Waals surface area contributed by atoms with Gasteiger partial charge in [0.2, 0.25) is 5.76 Å². The van der Waals surface area contributed by atoms with E-state index in [-0.39, 0.29) is 5.76 Å². The van der Waals surface area contributed by atoms with Crippen LogP contribution in [0.3, 0.4) is 0 Å². The zero-order valence-electron chi connectivity index (χ0n) is 13.5. The Labute approximate surface area is 133 Å². The summed E-state index contributed by atoms with van der Waals surface area (Å²) in [6.45, 7) is 3.48. The quantitative estimate of drug-likeness (QED) is 0.477. The molecule has 23 heavy (non-hydrogen) atoms. The minimum Gasteiger partial charge on any atom is -0.463 e. The number of hydrogen-bond acceptors (Lipinski definition) is 6. The molecular formula is C16H18N2O5. The number of carbonyl (C=O) groups is 2. The number of esters is 2. The maximum absolute atomic E-state index is 11.7. The molecular weight excluding hydrogens is 300 g/mol. The normalized spacial score (nSPS) is 11.6. The van der Waals surface area contributed by atoms with Crippen LogP contribution in [0, 0.1) is 6.92 Å². The molecule has 0 atom stereocenters. The number of carbonyl (C=O) groups excluding carboxylic acids is 2. The van der Waals surface area contributed by atoms with Crippen molar-refractivity contribution in [1.29, 1.82) is 0 Å². The van der Waals surface area contributed by atoms with Gasteiger partial charge in [-0.25, -0.2) is 9.48 Å². The number of methoxy groups -OCH3 is 2. The van der Waals surface area contributed by atoms with Crippen molar-refractivity contribution in [3.05, 3.63) is 35.2 Å². The van der Waals surface area contributed by atoms with Gasteiger partial charge in [0.15, 0.2) is 0 Å². The topological polar surface area (TPSA) is 79.7 Å². The summed E-state index contributed by atoms with van der Waals surface area (Å²) < 4.78 is 16.3. The first kappa shape index (κ1) is 16.7. The molecule has 0 bridgehead atoms. The van der Waals surface area contributed by atoms with E-state index in [4.69, 9.17) is 9.47 Å². The zero-order valence-corrected chi connectivity index (χ0v) is 13.5. The van der Waals surface area contributed by atoms with Gasteiger partial charge in [-0.05, 0) is 36.3 Å². The van der Waals surface area contributed by atoms with Gasteiger partial charge in [0.25, 0.3) is 0 Å². The van der Waals surface area contributed by atoms with Crippen LogP contribution in [-0.4, -0.2) is 35.9 Å². The van der Waals surface area contributed by atoms with Crippen LogP contribution in [0.15, 0.2) is 24.1 Å². The Morgan fingerprint density at radius 2 is 2.04 bits per heavy atom. The van der Waals surface area contributed by atoms with E-state index < -0.39 is 11.9 Å². The number of rotatable bonds is 5. The molecule has 0 aliphatic carbocycles. The number of aromatic nitrogens is 2. The minimum absolute atomic E-state index is 0.164. The van der Waals surface area contributed by atoms with Gasteiger partial charge in [-0.15, -0.1) is 0 Å². The first-order chi connectivity index (χ1) is 10.9. The molecule has 0 N–H and O–H groups in total. The predicted octanol–water partition coefficient (Wildman–Crippen LogP) is 2.03. The van der Waals surface area contributed by atoms with Gasteiger partial charge >= 0.3 is 11.9 Å². The van der Waals surface area contributed by atoms with E-state index in [2.05, 4.69) is 9.84 Å². The Balaban J connectivity index is 2.46. The third-order valence-corrected chi connectivity index (χ3v) is 3.07. The van der Waals surface area contributed by atoms with Gasteiger partial charge in [0, 0.05) is 25.6 Å². The van der Waals surface area contributed by atoms with E-state index in [9.17, 15) is 9.59 Å². The van der Waals surface area contributed by atoms with Crippen LogP contribution in [0.5, 0.6) is 0 Å². The number of fused-ring (bicyclic) bond motifs is 1. The lowest BCUT2D eigenvalue weighted by atomic mass is 10.1. The van der Waals surface area contributed by atoms with Crippen molar-refractivity contribution in [3.63, 3.8) is 0 Å². The van der Waals surface area contributed by atoms with Gasteiger partial charge < -0.3 is 14.2 Å². The number of benzene rings is 1. The monoisotopic (exact) mass is 318 g/mol. The fourth-order valence-electron chi connectivity index (χ4n) is 2.21. The smallest absolute Gasteiger partial charge is 0.374 e. The molecule has 0 spiro atoms. The minimum atomic E-state index is -0.715. The van der Waals surface area contributed by atoms with E-state index in [0.717, 1.165) is 16.5 Å². The summed E-state index contributed by atoms with van der Waals surface area (Å²) in [4.78, 5) is 22.8. The Morgan fingerprint density at radius 1 is 1.30 bits per heavy atom. The highest BCUT2D eigenvalue weighted by Crippen LogP contribution is 2.21. The average Bonchev–Trinajstić information content (AvgIpc) is 2.89. The number of ether oxygens (including phenoxy) is 3. The van der Waals surface area contributed by atoms with Crippen LogP contribution in [0.2, 0.25) is 0 Å². The molecule has 0 fully saturated rings. The molecule has 1 aromatic heterocycles. The lowest BCUT2D eigenvalue weighted by molar-refractivity contribution is -0.148. The number of hydrogen-bond donors (Lipinski definition) is 0. The molecule has 0 unspecified atom stereocenters. The van der Waals surface area contributed by atoms with Crippen molar-refractivity contribution in [2.24, 2.45) is 0 Å². The van der Waals surface area contributed by atoms with Crippen LogP contribution in [0.25, 0.3) is 17.0 Å². The SMILES string of the molecule is COCn1cc2cc(C=C(OC(C)=O)C(=O)OC)cc(C)c2n1. The first-order valence-corrected chi connectivity index (χ1v) is 6.89. The molecule has 7 nitrogen and oxygen atoms in total. The van der Waals surface area contributed by atoms with Crippen molar-refractivity contribution >= 4 is 28.9 Å². The highest BCUT2D eigenvalue weighted by Gasteiger charge is 2.14. The second-order valence-corrected chi connectivity index (χ2v) is 4.96. The van der Waals surface area contributed by atoms with Crippen LogP contribution in [0.1, 0.15) is 18.1 Å². The van der Waals surface area contributed by atoms with Crippen LogP contribution in [-0.2, 0) is 30.5 Å². The molecule has 1 heterocycles. The van der Waals surface area contributed by atoms with Gasteiger partial charge in [-0.1, -0.05) is 0 Å². The van der Waals surface area contributed by atoms with Gasteiger partial charge in [0.05, 0.1) is 12.6 Å². The van der Waals surface area contributed by atoms with Crippen LogP contribution >= 0.6 is 0 Å². The summed E-state index contributed by atoms with van der Waals surface area (Å²) >= 11 is 0. The van der Waals surface area contributed by atoms with E-state index in [1.165, 1.54) is 20.1 Å². The second-order valence-electron chi connectivity index (χ2n) is 4.96. The fourth-order valence-corrected chi connectivity index (χ4v) is 2.21. The van der Waals surface area contributed by atoms with Gasteiger partial charge in [-0.2, -0.15) is 5.10 Å². The van der Waals surface area contributed by atoms with Crippen LogP contribution in [0.4, 0.5) is 0 Å². The largest absolute Gasteiger partial charge is 0.463 e. The lowest BCUT2D eigenvalue weighted by Gasteiger charge is -2.05. The van der Waals surface area contributed by atoms with Crippen LogP contribution < -0.4 is 0 Å². The molecule has 0 aliphatic heterocycles. The third kappa shape index (κ3) is 3.95. The number of nitrogens with zero attached hydrogens (tertiary/aromatic N) is 2. The molecule has 0 aliphatic rings. The predicted molar refractivity (Wildman–Crippen MR) is 83.2 cm³/mol. The first-order valence-electron chi connectivity index (χ1n) is 6.89. The highest BCUT2D eigenvalue weighted by atomic mass is 16.6. The molecule has 2 rings (SSSR count). The molecule has 1 aromatic carbocycles. The van der Waals surface area contributed by atoms with Crippen molar-refractivity contribution in [2.45, 2.75) is 20.6 Å². The molecule has 0 amide bonds. The fraction of sp³-hybridized carbons (Fsp3) is 0.312. The van der Waals surface area contributed by atoms with E-state index in [0.29, 0.717) is 12.3 Å². The molecule has 7 heteroatoms. The van der Waals surface area contributed by atoms with Crippen molar-refractivity contribution in [3.8, 4) is 0 Å². The van der Waals surface area contributed by atoms with E-state index in [1.54, 1.807) is 11.8 Å². The maximum Gasteiger partial charge on any atom is 0.374 e.